The summed E-state index contributed by atoms with van der Waals surface area (Å²) < 4.78 is 1.09. The number of halogens is 2. The first-order valence-corrected chi connectivity index (χ1v) is 7.25. The molecule has 0 amide bonds. The van der Waals surface area contributed by atoms with Gasteiger partial charge in [0.1, 0.15) is 0 Å². The van der Waals surface area contributed by atoms with E-state index >= 15 is 0 Å². The number of hydrogen-bond acceptors (Lipinski definition) is 2. The number of nitrogens with one attached hydrogen (secondary N) is 1. The Morgan fingerprint density at radius 2 is 2.40 bits per heavy atom. The molecule has 82 valence electrons. The summed E-state index contributed by atoms with van der Waals surface area (Å²) in [4.78, 5) is 0. The summed E-state index contributed by atoms with van der Waals surface area (Å²) in [6.07, 6.45) is 1.19. The van der Waals surface area contributed by atoms with E-state index in [9.17, 15) is 0 Å². The lowest BCUT2D eigenvalue weighted by molar-refractivity contribution is 0.560. The van der Waals surface area contributed by atoms with Crippen LogP contribution in [0.15, 0.2) is 22.7 Å². The Balaban J connectivity index is 2.17. The highest BCUT2D eigenvalue weighted by molar-refractivity contribution is 9.10. The Labute approximate surface area is 108 Å². The Kier molecular flexibility index (Phi) is 3.99. The van der Waals surface area contributed by atoms with Crippen LogP contribution in [0.5, 0.6) is 0 Å². The smallest absolute Gasteiger partial charge is 0.0803 e. The van der Waals surface area contributed by atoms with Crippen LogP contribution >= 0.6 is 39.3 Å². The minimum Gasteiger partial charge on any atom is -0.298 e. The van der Waals surface area contributed by atoms with Crippen molar-refractivity contribution in [2.24, 2.45) is 0 Å². The third kappa shape index (κ3) is 2.70. The van der Waals surface area contributed by atoms with Gasteiger partial charge in [-0.3, -0.25) is 5.32 Å². The molecule has 0 spiro atoms. The third-order valence-corrected chi connectivity index (χ3v) is 4.83. The molecule has 2 unspecified atom stereocenters. The minimum absolute atomic E-state index is 0.404. The second kappa shape index (κ2) is 5.09. The summed E-state index contributed by atoms with van der Waals surface area (Å²) in [5.74, 6) is 1.19. The first-order valence-electron chi connectivity index (χ1n) is 5.03. The standard InChI is InChI=1S/C11H13BrClNS/c1-2-8-6-15-11(14-8)9-4-3-7(13)5-10(9)12/h3-5,8,11,14H,2,6H2,1H3. The molecule has 0 aliphatic carbocycles. The van der Waals surface area contributed by atoms with Crippen molar-refractivity contribution in [2.45, 2.75) is 24.8 Å². The van der Waals surface area contributed by atoms with E-state index in [1.54, 1.807) is 0 Å². The van der Waals surface area contributed by atoms with Gasteiger partial charge >= 0.3 is 0 Å². The predicted molar refractivity (Wildman–Crippen MR) is 71.6 cm³/mol. The van der Waals surface area contributed by atoms with Gasteiger partial charge in [-0.25, -0.2) is 0 Å². The number of hydrogen-bond donors (Lipinski definition) is 1. The van der Waals surface area contributed by atoms with E-state index in [-0.39, 0.29) is 0 Å². The minimum atomic E-state index is 0.404. The lowest BCUT2D eigenvalue weighted by Crippen LogP contribution is -2.24. The van der Waals surface area contributed by atoms with Gasteiger partial charge in [-0.15, -0.1) is 11.8 Å². The number of benzene rings is 1. The maximum absolute atomic E-state index is 5.92. The molecule has 1 heterocycles. The molecule has 15 heavy (non-hydrogen) atoms. The van der Waals surface area contributed by atoms with Gasteiger partial charge in [0, 0.05) is 21.3 Å². The highest BCUT2D eigenvalue weighted by Crippen LogP contribution is 2.37. The molecule has 2 atom stereocenters. The molecular formula is C11H13BrClNS. The Morgan fingerprint density at radius 3 is 3.00 bits per heavy atom. The summed E-state index contributed by atoms with van der Waals surface area (Å²) in [6, 6.07) is 6.64. The van der Waals surface area contributed by atoms with E-state index in [1.807, 2.05) is 23.9 Å². The molecule has 2 rings (SSSR count). The zero-order chi connectivity index (χ0) is 10.8. The molecule has 4 heteroatoms. The van der Waals surface area contributed by atoms with Crippen LogP contribution in [0.3, 0.4) is 0 Å². The fraction of sp³-hybridized carbons (Fsp3) is 0.455. The predicted octanol–water partition coefficient (Wildman–Crippen LogP) is 4.22. The van der Waals surface area contributed by atoms with E-state index in [2.05, 4.69) is 34.2 Å². The van der Waals surface area contributed by atoms with E-state index in [0.717, 1.165) is 9.50 Å². The summed E-state index contributed by atoms with van der Waals surface area (Å²) in [5, 5.41) is 4.79. The van der Waals surface area contributed by atoms with E-state index in [1.165, 1.54) is 17.7 Å². The van der Waals surface area contributed by atoms with Gasteiger partial charge in [-0.05, 0) is 24.1 Å². The maximum atomic E-state index is 5.92. The largest absolute Gasteiger partial charge is 0.298 e. The quantitative estimate of drug-likeness (QED) is 0.878. The normalized spacial score (nSPS) is 25.8. The number of thioether (sulfide) groups is 1. The van der Waals surface area contributed by atoms with Crippen molar-refractivity contribution in [3.63, 3.8) is 0 Å². The molecule has 1 aliphatic rings. The second-order valence-corrected chi connectivity index (χ2v) is 6.08. The molecule has 1 aromatic rings. The van der Waals surface area contributed by atoms with Crippen molar-refractivity contribution in [3.8, 4) is 0 Å². The average molecular weight is 307 g/mol. The van der Waals surface area contributed by atoms with Crippen LogP contribution in [0.1, 0.15) is 24.3 Å². The van der Waals surface area contributed by atoms with Crippen molar-refractivity contribution in [3.05, 3.63) is 33.3 Å². The molecule has 0 saturated carbocycles. The van der Waals surface area contributed by atoms with Crippen molar-refractivity contribution < 1.29 is 0 Å². The zero-order valence-electron chi connectivity index (χ0n) is 8.47. The van der Waals surface area contributed by atoms with Crippen molar-refractivity contribution in [2.75, 3.05) is 5.75 Å². The first-order chi connectivity index (χ1) is 7.20. The van der Waals surface area contributed by atoms with Gasteiger partial charge in [0.25, 0.3) is 0 Å². The van der Waals surface area contributed by atoms with Crippen molar-refractivity contribution in [1.29, 1.82) is 0 Å². The first kappa shape index (κ1) is 11.8. The molecule has 1 fully saturated rings. The van der Waals surface area contributed by atoms with Crippen molar-refractivity contribution >= 4 is 39.3 Å². The van der Waals surface area contributed by atoms with Crippen LogP contribution in [0.25, 0.3) is 0 Å². The molecule has 0 aromatic heterocycles. The molecule has 1 nitrogen and oxygen atoms in total. The van der Waals surface area contributed by atoms with Gasteiger partial charge in [0.15, 0.2) is 0 Å². The van der Waals surface area contributed by atoms with Crippen LogP contribution < -0.4 is 5.32 Å². The van der Waals surface area contributed by atoms with Crippen LogP contribution in [0.4, 0.5) is 0 Å². The number of rotatable bonds is 2. The van der Waals surface area contributed by atoms with Gasteiger partial charge in [-0.2, -0.15) is 0 Å². The topological polar surface area (TPSA) is 12.0 Å². The van der Waals surface area contributed by atoms with E-state index < -0.39 is 0 Å². The summed E-state index contributed by atoms with van der Waals surface area (Å²) in [5.41, 5.74) is 1.29. The Hall–Kier alpha value is 0.300. The highest BCUT2D eigenvalue weighted by Gasteiger charge is 2.25. The molecule has 0 radical (unpaired) electrons. The Bertz CT molecular complexity index is 358. The zero-order valence-corrected chi connectivity index (χ0v) is 11.6. The Morgan fingerprint density at radius 1 is 1.60 bits per heavy atom. The molecule has 0 bridgehead atoms. The monoisotopic (exact) mass is 305 g/mol. The van der Waals surface area contributed by atoms with E-state index in [0.29, 0.717) is 11.4 Å². The van der Waals surface area contributed by atoms with Crippen LogP contribution in [0, 0.1) is 0 Å². The molecule has 1 saturated heterocycles. The average Bonchev–Trinajstić information content (AvgIpc) is 2.66. The fourth-order valence-electron chi connectivity index (χ4n) is 1.65. The van der Waals surface area contributed by atoms with E-state index in [4.69, 9.17) is 11.6 Å². The SMILES string of the molecule is CCC1CSC(c2ccc(Cl)cc2Br)N1. The summed E-state index contributed by atoms with van der Waals surface area (Å²) >= 11 is 11.4. The lowest BCUT2D eigenvalue weighted by atomic mass is 10.2. The van der Waals surface area contributed by atoms with Gasteiger partial charge in [0.05, 0.1) is 5.37 Å². The maximum Gasteiger partial charge on any atom is 0.0803 e. The summed E-state index contributed by atoms with van der Waals surface area (Å²) in [6.45, 7) is 2.22. The van der Waals surface area contributed by atoms with Crippen molar-refractivity contribution in [1.82, 2.24) is 5.32 Å². The van der Waals surface area contributed by atoms with Crippen LogP contribution in [-0.2, 0) is 0 Å². The van der Waals surface area contributed by atoms with Gasteiger partial charge < -0.3 is 0 Å². The van der Waals surface area contributed by atoms with Gasteiger partial charge in [0.2, 0.25) is 0 Å². The van der Waals surface area contributed by atoms with Gasteiger partial charge in [-0.1, -0.05) is 40.5 Å². The molecular weight excluding hydrogens is 294 g/mol. The highest BCUT2D eigenvalue weighted by atomic mass is 79.9. The third-order valence-electron chi connectivity index (χ3n) is 2.59. The molecule has 1 aliphatic heterocycles. The van der Waals surface area contributed by atoms with Crippen LogP contribution in [-0.4, -0.2) is 11.8 Å². The van der Waals surface area contributed by atoms with Crippen LogP contribution in [0.2, 0.25) is 5.02 Å². The lowest BCUT2D eigenvalue weighted by Gasteiger charge is -2.14. The molecule has 1 aromatic carbocycles. The second-order valence-electron chi connectivity index (χ2n) is 3.65. The molecule has 1 N–H and O–H groups in total. The fourth-order valence-corrected chi connectivity index (χ4v) is 4.15. The summed E-state index contributed by atoms with van der Waals surface area (Å²) in [7, 11) is 0.